The Morgan fingerprint density at radius 3 is 2.44 bits per heavy atom. The lowest BCUT2D eigenvalue weighted by Gasteiger charge is -2.24. The molecule has 0 aliphatic heterocycles. The van der Waals surface area contributed by atoms with E-state index in [1.807, 2.05) is 0 Å². The van der Waals surface area contributed by atoms with Gasteiger partial charge in [0.05, 0.1) is 13.0 Å². The van der Waals surface area contributed by atoms with Crippen molar-refractivity contribution in [1.82, 2.24) is 5.32 Å². The van der Waals surface area contributed by atoms with Gasteiger partial charge in [0.15, 0.2) is 0 Å². The Bertz CT molecular complexity index is 284. The zero-order chi connectivity index (χ0) is 12.8. The molecule has 0 heterocycles. The van der Waals surface area contributed by atoms with Gasteiger partial charge >= 0.3 is 5.97 Å². The minimum absolute atomic E-state index is 0.129. The molecule has 16 heavy (non-hydrogen) atoms. The highest BCUT2D eigenvalue weighted by Gasteiger charge is 2.24. The summed E-state index contributed by atoms with van der Waals surface area (Å²) in [4.78, 5) is 22.1. The minimum atomic E-state index is -0.951. The van der Waals surface area contributed by atoms with E-state index in [4.69, 9.17) is 9.84 Å². The Morgan fingerprint density at radius 1 is 1.44 bits per heavy atom. The Labute approximate surface area is 95.5 Å². The molecular weight excluding hydrogens is 210 g/mol. The van der Waals surface area contributed by atoms with Crippen molar-refractivity contribution in [1.29, 1.82) is 0 Å². The number of rotatable bonds is 7. The third-order valence-electron chi connectivity index (χ3n) is 1.97. The highest BCUT2D eigenvalue weighted by molar-refractivity contribution is 5.93. The van der Waals surface area contributed by atoms with Gasteiger partial charge in [-0.05, 0) is 13.8 Å². The fraction of sp³-hybridized carbons (Fsp3) is 0.636. The molecule has 0 aromatic carbocycles. The lowest BCUT2D eigenvalue weighted by Crippen LogP contribution is -2.45. The molecule has 0 fully saturated rings. The Hall–Kier alpha value is -1.36. The summed E-state index contributed by atoms with van der Waals surface area (Å²) in [6.07, 6.45) is 0.307. The fourth-order valence-electron chi connectivity index (χ4n) is 1.16. The van der Waals surface area contributed by atoms with Gasteiger partial charge in [0, 0.05) is 24.6 Å². The van der Waals surface area contributed by atoms with Gasteiger partial charge in [0.25, 0.3) is 0 Å². The van der Waals surface area contributed by atoms with E-state index >= 15 is 0 Å². The van der Waals surface area contributed by atoms with Crippen LogP contribution in [0.1, 0.15) is 26.7 Å². The first-order valence-corrected chi connectivity index (χ1v) is 4.99. The average Bonchev–Trinajstić information content (AvgIpc) is 2.10. The van der Waals surface area contributed by atoms with Crippen LogP contribution in [0.15, 0.2) is 12.2 Å². The van der Waals surface area contributed by atoms with Crippen LogP contribution >= 0.6 is 0 Å². The first-order valence-electron chi connectivity index (χ1n) is 4.99. The molecule has 0 unspecified atom stereocenters. The summed E-state index contributed by atoms with van der Waals surface area (Å²) in [6, 6.07) is 0. The molecule has 92 valence electrons. The van der Waals surface area contributed by atoms with Crippen molar-refractivity contribution in [2.45, 2.75) is 32.2 Å². The number of carboxylic acid groups (broad SMARTS) is 1. The summed E-state index contributed by atoms with van der Waals surface area (Å²) in [7, 11) is 1.54. The van der Waals surface area contributed by atoms with Crippen LogP contribution in [0, 0.1) is 0 Å². The molecule has 0 spiro atoms. The molecule has 0 aromatic rings. The lowest BCUT2D eigenvalue weighted by molar-refractivity contribution is -0.138. The first kappa shape index (κ1) is 14.6. The van der Waals surface area contributed by atoms with Gasteiger partial charge in [0.1, 0.15) is 0 Å². The van der Waals surface area contributed by atoms with Crippen molar-refractivity contribution < 1.29 is 19.4 Å². The van der Waals surface area contributed by atoms with E-state index in [-0.39, 0.29) is 12.3 Å². The van der Waals surface area contributed by atoms with Crippen LogP contribution in [0.5, 0.6) is 0 Å². The molecule has 0 bridgehead atoms. The highest BCUT2D eigenvalue weighted by atomic mass is 16.5. The molecule has 0 saturated carbocycles. The van der Waals surface area contributed by atoms with Gasteiger partial charge in [-0.25, -0.2) is 0 Å². The van der Waals surface area contributed by atoms with E-state index in [9.17, 15) is 9.59 Å². The second-order valence-corrected chi connectivity index (χ2v) is 4.25. The number of carbonyl (C=O) groups excluding carboxylic acids is 1. The summed E-state index contributed by atoms with van der Waals surface area (Å²) in [5.41, 5.74) is -0.390. The Morgan fingerprint density at radius 2 is 2.00 bits per heavy atom. The molecule has 0 aliphatic rings. The van der Waals surface area contributed by atoms with Crippen molar-refractivity contribution in [3.63, 3.8) is 0 Å². The van der Waals surface area contributed by atoms with Crippen LogP contribution in [-0.4, -0.2) is 36.2 Å². The number of aliphatic carboxylic acids is 1. The summed E-state index contributed by atoms with van der Waals surface area (Å²) in [6.45, 7) is 7.35. The average molecular weight is 229 g/mol. The molecule has 0 aromatic heterocycles. The van der Waals surface area contributed by atoms with Crippen LogP contribution in [0.3, 0.4) is 0 Å². The molecule has 0 aliphatic carbocycles. The SMILES string of the molecule is C=C(CCOC)C(=O)NC(C)(C)CC(=O)O. The molecule has 0 atom stereocenters. The molecule has 0 radical (unpaired) electrons. The Balaban J connectivity index is 4.21. The van der Waals surface area contributed by atoms with Gasteiger partial charge in [-0.2, -0.15) is 0 Å². The Kier molecular flexibility index (Phi) is 5.74. The van der Waals surface area contributed by atoms with E-state index in [0.717, 1.165) is 0 Å². The molecule has 2 N–H and O–H groups in total. The number of nitrogens with one attached hydrogen (secondary N) is 1. The van der Waals surface area contributed by atoms with Crippen molar-refractivity contribution in [3.05, 3.63) is 12.2 Å². The number of carbonyl (C=O) groups is 2. The van der Waals surface area contributed by atoms with Crippen LogP contribution in [0.2, 0.25) is 0 Å². The summed E-state index contributed by atoms with van der Waals surface area (Å²) in [5, 5.41) is 11.3. The number of hydrogen-bond donors (Lipinski definition) is 2. The smallest absolute Gasteiger partial charge is 0.305 e. The van der Waals surface area contributed by atoms with Crippen LogP contribution in [0.25, 0.3) is 0 Å². The molecule has 0 rings (SSSR count). The third kappa shape index (κ3) is 6.19. The fourth-order valence-corrected chi connectivity index (χ4v) is 1.16. The summed E-state index contributed by atoms with van der Waals surface area (Å²) in [5.74, 6) is -1.28. The van der Waals surface area contributed by atoms with Gasteiger partial charge in [-0.3, -0.25) is 9.59 Å². The van der Waals surface area contributed by atoms with Crippen molar-refractivity contribution in [2.24, 2.45) is 0 Å². The predicted octanol–water partition coefficient (Wildman–Crippen LogP) is 0.949. The van der Waals surface area contributed by atoms with E-state index in [0.29, 0.717) is 18.6 Å². The second kappa shape index (κ2) is 6.27. The normalized spacial score (nSPS) is 10.9. The maximum Gasteiger partial charge on any atom is 0.305 e. The number of hydrogen-bond acceptors (Lipinski definition) is 3. The van der Waals surface area contributed by atoms with Crippen LogP contribution in [0.4, 0.5) is 0 Å². The predicted molar refractivity (Wildman–Crippen MR) is 60.1 cm³/mol. The molecular formula is C11H19NO4. The monoisotopic (exact) mass is 229 g/mol. The number of carboxylic acids is 1. The third-order valence-corrected chi connectivity index (χ3v) is 1.97. The molecule has 5 nitrogen and oxygen atoms in total. The maximum atomic E-state index is 11.6. The zero-order valence-corrected chi connectivity index (χ0v) is 10.0. The van der Waals surface area contributed by atoms with E-state index in [2.05, 4.69) is 11.9 Å². The number of ether oxygens (including phenoxy) is 1. The van der Waals surface area contributed by atoms with Crippen molar-refractivity contribution in [2.75, 3.05) is 13.7 Å². The van der Waals surface area contributed by atoms with E-state index in [1.54, 1.807) is 21.0 Å². The maximum absolute atomic E-state index is 11.6. The largest absolute Gasteiger partial charge is 0.481 e. The van der Waals surface area contributed by atoms with Gasteiger partial charge < -0.3 is 15.2 Å². The van der Waals surface area contributed by atoms with Crippen LogP contribution < -0.4 is 5.32 Å². The van der Waals surface area contributed by atoms with Gasteiger partial charge in [-0.15, -0.1) is 0 Å². The minimum Gasteiger partial charge on any atom is -0.481 e. The molecule has 1 amide bonds. The van der Waals surface area contributed by atoms with Crippen molar-refractivity contribution in [3.8, 4) is 0 Å². The molecule has 0 saturated heterocycles. The second-order valence-electron chi connectivity index (χ2n) is 4.25. The summed E-state index contributed by atoms with van der Waals surface area (Å²) >= 11 is 0. The van der Waals surface area contributed by atoms with E-state index < -0.39 is 11.5 Å². The first-order chi connectivity index (χ1) is 7.28. The van der Waals surface area contributed by atoms with Gasteiger partial charge in [0.2, 0.25) is 5.91 Å². The number of methoxy groups -OCH3 is 1. The standard InChI is InChI=1S/C11H19NO4/c1-8(5-6-16-4)10(15)12-11(2,3)7-9(13)14/h1,5-7H2,2-4H3,(H,12,15)(H,13,14). The molecule has 5 heteroatoms. The highest BCUT2D eigenvalue weighted by Crippen LogP contribution is 2.10. The summed E-state index contributed by atoms with van der Waals surface area (Å²) < 4.78 is 4.82. The zero-order valence-electron chi connectivity index (χ0n) is 10.0. The van der Waals surface area contributed by atoms with E-state index in [1.165, 1.54) is 0 Å². The topological polar surface area (TPSA) is 75.6 Å². The quantitative estimate of drug-likeness (QED) is 0.637. The van der Waals surface area contributed by atoms with Crippen LogP contribution in [-0.2, 0) is 14.3 Å². The number of amides is 1. The lowest BCUT2D eigenvalue weighted by atomic mass is 10.00. The van der Waals surface area contributed by atoms with Gasteiger partial charge in [-0.1, -0.05) is 6.58 Å². The van der Waals surface area contributed by atoms with Crippen molar-refractivity contribution >= 4 is 11.9 Å².